The van der Waals surface area contributed by atoms with E-state index in [0.29, 0.717) is 36.5 Å². The molecule has 0 aromatic carbocycles. The van der Waals surface area contributed by atoms with Crippen LogP contribution >= 0.6 is 0 Å². The number of rotatable bonds is 7. The lowest BCUT2D eigenvalue weighted by atomic mass is 9.67. The fourth-order valence-corrected chi connectivity index (χ4v) is 6.87. The number of fused-ring (bicyclic) bond motifs is 3. The topological polar surface area (TPSA) is 108 Å². The van der Waals surface area contributed by atoms with Crippen molar-refractivity contribution in [2.75, 3.05) is 38.1 Å². The molecule has 2 aliphatic carbocycles. The molecule has 2 aromatic heterocycles. The number of hydrogen-bond acceptors (Lipinski definition) is 7. The second-order valence-electron chi connectivity index (χ2n) is 12.0. The third-order valence-corrected chi connectivity index (χ3v) is 9.35. The highest BCUT2D eigenvalue weighted by molar-refractivity contribution is 5.81. The number of nitrogens with one attached hydrogen (secondary N) is 2. The predicted molar refractivity (Wildman–Crippen MR) is 145 cm³/mol. The quantitative estimate of drug-likeness (QED) is 0.538. The van der Waals surface area contributed by atoms with Crippen LogP contribution in [0.5, 0.6) is 0 Å². The summed E-state index contributed by atoms with van der Waals surface area (Å²) in [6.45, 7) is 5.58. The summed E-state index contributed by atoms with van der Waals surface area (Å²) in [6.07, 6.45) is 12.3. The Morgan fingerprint density at radius 2 is 1.84 bits per heavy atom. The molecule has 5 heterocycles. The van der Waals surface area contributed by atoms with Crippen LogP contribution in [0.1, 0.15) is 82.1 Å². The van der Waals surface area contributed by atoms with E-state index in [1.165, 1.54) is 25.7 Å². The molecule has 5 fully saturated rings. The number of aromatic nitrogens is 4. The van der Waals surface area contributed by atoms with Crippen molar-refractivity contribution in [3.05, 3.63) is 17.6 Å². The Labute approximate surface area is 224 Å². The van der Waals surface area contributed by atoms with E-state index in [2.05, 4.69) is 27.5 Å². The van der Waals surface area contributed by atoms with Gasteiger partial charge in [-0.2, -0.15) is 10.1 Å². The van der Waals surface area contributed by atoms with Crippen LogP contribution < -0.4 is 15.5 Å². The van der Waals surface area contributed by atoms with Crippen LogP contribution in [0, 0.1) is 17.8 Å². The van der Waals surface area contributed by atoms with Crippen LogP contribution in [-0.4, -0.2) is 75.6 Å². The van der Waals surface area contributed by atoms with Gasteiger partial charge in [-0.25, -0.2) is 9.50 Å². The lowest BCUT2D eigenvalue weighted by Gasteiger charge is -2.46. The highest BCUT2D eigenvalue weighted by Crippen LogP contribution is 2.41. The molecule has 2 saturated carbocycles. The normalized spacial score (nSPS) is 27.5. The number of hydrogen-bond donors (Lipinski definition) is 2. The van der Waals surface area contributed by atoms with Crippen LogP contribution in [0.2, 0.25) is 0 Å². The first kappa shape index (κ1) is 25.5. The smallest absolute Gasteiger partial charge is 0.252 e. The van der Waals surface area contributed by atoms with Gasteiger partial charge in [-0.05, 0) is 44.6 Å². The summed E-state index contributed by atoms with van der Waals surface area (Å²) >= 11 is 0. The molecule has 38 heavy (non-hydrogen) atoms. The van der Waals surface area contributed by atoms with E-state index in [0.717, 1.165) is 69.1 Å². The average Bonchev–Trinajstić information content (AvgIpc) is 3.11. The van der Waals surface area contributed by atoms with E-state index in [-0.39, 0.29) is 23.8 Å². The number of carbonyl (C=O) groups excluding carboxylic acids is 2. The van der Waals surface area contributed by atoms with Crippen LogP contribution in [-0.2, 0) is 16.0 Å². The van der Waals surface area contributed by atoms with Crippen molar-refractivity contribution < 1.29 is 9.59 Å². The van der Waals surface area contributed by atoms with E-state index >= 15 is 0 Å². The summed E-state index contributed by atoms with van der Waals surface area (Å²) in [5, 5.41) is 11.5. The summed E-state index contributed by atoms with van der Waals surface area (Å²) in [7, 11) is 2.14. The molecule has 7 rings (SSSR count). The maximum Gasteiger partial charge on any atom is 0.252 e. The van der Waals surface area contributed by atoms with Gasteiger partial charge in [0.25, 0.3) is 5.78 Å². The first-order valence-electron chi connectivity index (χ1n) is 14.8. The number of piperidine rings is 2. The number of amides is 2. The van der Waals surface area contributed by atoms with E-state index in [9.17, 15) is 9.59 Å². The van der Waals surface area contributed by atoms with E-state index in [1.807, 2.05) is 13.1 Å². The van der Waals surface area contributed by atoms with E-state index in [1.54, 1.807) is 4.52 Å². The highest BCUT2D eigenvalue weighted by atomic mass is 16.2. The standard InChI is InChI=1S/C28H42N8O2/c1-3-24(37)31-25(18-8-6-4-5-7-9-18)23-17-36-28(30-23)32-26(35-12-10-34(2)11-13-35)22(33-36)16-21-19-14-20(15-19)29-27(21)38/h17-21,25H,3-16H2,1-2H3,(H,29,38)(H,31,37). The van der Waals surface area contributed by atoms with Gasteiger partial charge in [0.2, 0.25) is 11.8 Å². The van der Waals surface area contributed by atoms with Gasteiger partial charge >= 0.3 is 0 Å². The molecule has 10 heteroatoms. The Hall–Kier alpha value is -2.75. The van der Waals surface area contributed by atoms with Gasteiger partial charge in [-0.15, -0.1) is 0 Å². The molecule has 0 spiro atoms. The van der Waals surface area contributed by atoms with Crippen molar-refractivity contribution >= 4 is 23.4 Å². The van der Waals surface area contributed by atoms with Gasteiger partial charge in [0.15, 0.2) is 5.82 Å². The molecular formula is C28H42N8O2. The molecule has 2 amide bonds. The molecule has 10 nitrogen and oxygen atoms in total. The molecule has 0 radical (unpaired) electrons. The summed E-state index contributed by atoms with van der Waals surface area (Å²) in [6, 6.07) is 0.237. The number of anilines is 1. The number of nitrogens with zero attached hydrogens (tertiary/aromatic N) is 6. The van der Waals surface area contributed by atoms with Crippen molar-refractivity contribution in [3.8, 4) is 0 Å². The maximum absolute atomic E-state index is 12.8. The largest absolute Gasteiger partial charge is 0.353 e. The fourth-order valence-electron chi connectivity index (χ4n) is 6.87. The molecule has 5 aliphatic rings. The van der Waals surface area contributed by atoms with Crippen molar-refractivity contribution in [1.82, 2.24) is 35.1 Å². The number of imidazole rings is 1. The van der Waals surface area contributed by atoms with Gasteiger partial charge in [0.05, 0.1) is 17.9 Å². The minimum atomic E-state index is -0.129. The summed E-state index contributed by atoms with van der Waals surface area (Å²) in [4.78, 5) is 40.0. The molecule has 2 unspecified atom stereocenters. The summed E-state index contributed by atoms with van der Waals surface area (Å²) < 4.78 is 1.79. The maximum atomic E-state index is 12.8. The fraction of sp³-hybridized carbons (Fsp3) is 0.750. The van der Waals surface area contributed by atoms with Crippen molar-refractivity contribution in [2.24, 2.45) is 17.8 Å². The zero-order chi connectivity index (χ0) is 26.2. The van der Waals surface area contributed by atoms with Crippen molar-refractivity contribution in [2.45, 2.75) is 83.2 Å². The highest BCUT2D eigenvalue weighted by Gasteiger charge is 2.45. The molecule has 2 atom stereocenters. The second kappa shape index (κ2) is 10.8. The molecular weight excluding hydrogens is 480 g/mol. The Morgan fingerprint density at radius 3 is 2.53 bits per heavy atom. The molecule has 2 bridgehead atoms. The van der Waals surface area contributed by atoms with Crippen LogP contribution in [0.4, 0.5) is 5.82 Å². The molecule has 3 saturated heterocycles. The van der Waals surface area contributed by atoms with Crippen LogP contribution in [0.15, 0.2) is 6.20 Å². The average molecular weight is 523 g/mol. The molecule has 206 valence electrons. The molecule has 2 N–H and O–H groups in total. The predicted octanol–water partition coefficient (Wildman–Crippen LogP) is 2.48. The van der Waals surface area contributed by atoms with E-state index < -0.39 is 0 Å². The summed E-state index contributed by atoms with van der Waals surface area (Å²) in [5.41, 5.74) is 1.72. The second-order valence-corrected chi connectivity index (χ2v) is 12.0. The Bertz CT molecular complexity index is 1160. The van der Waals surface area contributed by atoms with Gasteiger partial charge in [-0.3, -0.25) is 9.59 Å². The van der Waals surface area contributed by atoms with Gasteiger partial charge in [0, 0.05) is 51.0 Å². The molecule has 2 aromatic rings. The zero-order valence-corrected chi connectivity index (χ0v) is 22.9. The Kier molecular flexibility index (Phi) is 7.24. The van der Waals surface area contributed by atoms with Crippen molar-refractivity contribution in [1.29, 1.82) is 0 Å². The summed E-state index contributed by atoms with van der Waals surface area (Å²) in [5.74, 6) is 2.40. The van der Waals surface area contributed by atoms with E-state index in [4.69, 9.17) is 15.1 Å². The minimum absolute atomic E-state index is 0.0523. The lowest BCUT2D eigenvalue weighted by molar-refractivity contribution is -0.135. The Balaban J connectivity index is 1.35. The van der Waals surface area contributed by atoms with Gasteiger partial charge in [-0.1, -0.05) is 32.6 Å². The minimum Gasteiger partial charge on any atom is -0.353 e. The number of piperazine rings is 1. The molecule has 3 aliphatic heterocycles. The van der Waals surface area contributed by atoms with Gasteiger partial charge < -0.3 is 20.4 Å². The zero-order valence-electron chi connectivity index (χ0n) is 22.9. The third kappa shape index (κ3) is 5.11. The Morgan fingerprint density at radius 1 is 1.11 bits per heavy atom. The van der Waals surface area contributed by atoms with Crippen LogP contribution in [0.25, 0.3) is 5.78 Å². The first-order chi connectivity index (χ1) is 18.5. The lowest BCUT2D eigenvalue weighted by Crippen LogP contribution is -2.57. The third-order valence-electron chi connectivity index (χ3n) is 9.35. The number of carbonyl (C=O) groups is 2. The first-order valence-corrected chi connectivity index (χ1v) is 14.8. The SMILES string of the molecule is CCC(=O)NC(c1cn2nc(CC3C(=O)NC4CC3C4)c(N3CCN(C)CC3)nc2n1)C1CCCCCC1. The van der Waals surface area contributed by atoms with Crippen molar-refractivity contribution in [3.63, 3.8) is 0 Å². The van der Waals surface area contributed by atoms with Crippen LogP contribution in [0.3, 0.4) is 0 Å². The number of likely N-dealkylation sites (N-methyl/N-ethyl adjacent to an activating group) is 1. The van der Waals surface area contributed by atoms with Gasteiger partial charge in [0.1, 0.15) is 5.69 Å². The monoisotopic (exact) mass is 522 g/mol.